The van der Waals surface area contributed by atoms with E-state index in [0.717, 1.165) is 23.9 Å². The first-order valence-corrected chi connectivity index (χ1v) is 8.26. The van der Waals surface area contributed by atoms with Gasteiger partial charge in [0.25, 0.3) is 0 Å². The van der Waals surface area contributed by atoms with Crippen molar-refractivity contribution >= 4 is 16.0 Å². The maximum absolute atomic E-state index is 12.6. The Labute approximate surface area is 123 Å². The quantitative estimate of drug-likeness (QED) is 0.757. The average molecular weight is 317 g/mol. The van der Waals surface area contributed by atoms with E-state index >= 15 is 0 Å². The summed E-state index contributed by atoms with van der Waals surface area (Å²) in [6, 6.07) is -0.212. The molecule has 21 heavy (non-hydrogen) atoms. The molecule has 0 radical (unpaired) electrons. The second-order valence-corrected chi connectivity index (χ2v) is 6.94. The molecule has 1 saturated heterocycles. The number of sulfonamides is 1. The number of carboxylic acid groups (broad SMARTS) is 1. The largest absolute Gasteiger partial charge is 0.480 e. The Balaban J connectivity index is 2.23. The molecule has 118 valence electrons. The number of hydrogen-bond donors (Lipinski definition) is 2. The molecular weight excluding hydrogens is 298 g/mol. The summed E-state index contributed by atoms with van der Waals surface area (Å²) in [6.45, 7) is -0.0261. The van der Waals surface area contributed by atoms with Gasteiger partial charge in [0.05, 0.1) is 6.20 Å². The van der Waals surface area contributed by atoms with E-state index in [1.165, 1.54) is 16.7 Å². The highest BCUT2D eigenvalue weighted by Gasteiger charge is 2.33. The van der Waals surface area contributed by atoms with Crippen LogP contribution in [0.1, 0.15) is 25.7 Å². The van der Waals surface area contributed by atoms with Crippen LogP contribution in [0.4, 0.5) is 0 Å². The van der Waals surface area contributed by atoms with Crippen LogP contribution in [0.25, 0.3) is 0 Å². The average Bonchev–Trinajstić information content (AvgIpc) is 2.88. The van der Waals surface area contributed by atoms with Gasteiger partial charge < -0.3 is 10.2 Å². The highest BCUT2D eigenvalue weighted by atomic mass is 32.2. The Bertz CT molecular complexity index is 596. The lowest BCUT2D eigenvalue weighted by Crippen LogP contribution is -2.43. The van der Waals surface area contributed by atoms with Crippen molar-refractivity contribution < 1.29 is 23.4 Å². The first kappa shape index (κ1) is 15.9. The molecular formula is C12H19N3O5S. The number of aromatic nitrogens is 2. The van der Waals surface area contributed by atoms with Crippen molar-refractivity contribution in [1.82, 2.24) is 14.1 Å². The molecule has 0 aromatic carbocycles. The molecule has 0 bridgehead atoms. The predicted octanol–water partition coefficient (Wildman–Crippen LogP) is -0.107. The molecule has 2 heterocycles. The van der Waals surface area contributed by atoms with Gasteiger partial charge in [-0.15, -0.1) is 0 Å². The molecule has 0 aliphatic carbocycles. The Morgan fingerprint density at radius 1 is 1.43 bits per heavy atom. The summed E-state index contributed by atoms with van der Waals surface area (Å²) in [5.74, 6) is -1.09. The van der Waals surface area contributed by atoms with Crippen molar-refractivity contribution in [3.05, 3.63) is 12.4 Å². The van der Waals surface area contributed by atoms with Crippen molar-refractivity contribution in [1.29, 1.82) is 0 Å². The van der Waals surface area contributed by atoms with E-state index in [1.54, 1.807) is 0 Å². The third kappa shape index (κ3) is 3.60. The smallest absolute Gasteiger partial charge is 0.325 e. The Morgan fingerprint density at radius 3 is 2.86 bits per heavy atom. The summed E-state index contributed by atoms with van der Waals surface area (Å²) in [4.78, 5) is 10.6. The summed E-state index contributed by atoms with van der Waals surface area (Å²) in [6.07, 6.45) is 5.25. The second-order valence-electron chi connectivity index (χ2n) is 5.04. The van der Waals surface area contributed by atoms with Crippen molar-refractivity contribution in [3.8, 4) is 0 Å². The maximum Gasteiger partial charge on any atom is 0.325 e. The fourth-order valence-electron chi connectivity index (χ4n) is 2.57. The molecule has 0 saturated carbocycles. The van der Waals surface area contributed by atoms with Gasteiger partial charge in [-0.05, 0) is 19.3 Å². The van der Waals surface area contributed by atoms with Crippen LogP contribution in [0.3, 0.4) is 0 Å². The van der Waals surface area contributed by atoms with Crippen LogP contribution in [-0.4, -0.2) is 57.9 Å². The van der Waals surface area contributed by atoms with Crippen molar-refractivity contribution in [2.24, 2.45) is 0 Å². The van der Waals surface area contributed by atoms with E-state index in [1.807, 2.05) is 0 Å². The first-order valence-electron chi connectivity index (χ1n) is 6.82. The molecule has 0 amide bonds. The predicted molar refractivity (Wildman–Crippen MR) is 73.1 cm³/mol. The Hall–Kier alpha value is -1.45. The van der Waals surface area contributed by atoms with Crippen molar-refractivity contribution in [2.75, 3.05) is 13.2 Å². The lowest BCUT2D eigenvalue weighted by molar-refractivity contribution is -0.137. The fraction of sp³-hybridized carbons (Fsp3) is 0.667. The minimum Gasteiger partial charge on any atom is -0.480 e. The van der Waals surface area contributed by atoms with Crippen LogP contribution in [0.2, 0.25) is 0 Å². The third-order valence-electron chi connectivity index (χ3n) is 3.55. The monoisotopic (exact) mass is 317 g/mol. The van der Waals surface area contributed by atoms with E-state index in [4.69, 9.17) is 10.2 Å². The van der Waals surface area contributed by atoms with E-state index in [-0.39, 0.29) is 24.1 Å². The fourth-order valence-corrected chi connectivity index (χ4v) is 4.25. The topological polar surface area (TPSA) is 113 Å². The first-order chi connectivity index (χ1) is 9.95. The number of hydrogen-bond acceptors (Lipinski definition) is 5. The molecule has 8 nitrogen and oxygen atoms in total. The third-order valence-corrected chi connectivity index (χ3v) is 5.45. The van der Waals surface area contributed by atoms with Crippen molar-refractivity contribution in [3.63, 3.8) is 0 Å². The number of piperidine rings is 1. The highest BCUT2D eigenvalue weighted by molar-refractivity contribution is 7.89. The van der Waals surface area contributed by atoms with Gasteiger partial charge in [-0.2, -0.15) is 9.40 Å². The molecule has 1 aliphatic rings. The van der Waals surface area contributed by atoms with Gasteiger partial charge in [0.1, 0.15) is 11.4 Å². The molecule has 1 fully saturated rings. The summed E-state index contributed by atoms with van der Waals surface area (Å²) in [5.41, 5.74) is 0. The molecule has 2 N–H and O–H groups in total. The van der Waals surface area contributed by atoms with Gasteiger partial charge in [0.15, 0.2) is 0 Å². The summed E-state index contributed by atoms with van der Waals surface area (Å²) in [5, 5.41) is 21.5. The summed E-state index contributed by atoms with van der Waals surface area (Å²) in [7, 11) is -3.70. The summed E-state index contributed by atoms with van der Waals surface area (Å²) >= 11 is 0. The minimum atomic E-state index is -3.70. The van der Waals surface area contributed by atoms with E-state index in [2.05, 4.69) is 5.10 Å². The SMILES string of the molecule is O=C(O)Cn1cc(S(=O)(=O)N2CCCCC2CCO)cn1. The van der Waals surface area contributed by atoms with Gasteiger partial charge >= 0.3 is 5.97 Å². The zero-order chi connectivity index (χ0) is 15.5. The minimum absolute atomic E-state index is 0.00594. The molecule has 9 heteroatoms. The van der Waals surface area contributed by atoms with E-state index in [9.17, 15) is 13.2 Å². The van der Waals surface area contributed by atoms with Gasteiger partial charge in [-0.25, -0.2) is 8.42 Å². The second kappa shape index (κ2) is 6.54. The van der Waals surface area contributed by atoms with Crippen LogP contribution < -0.4 is 0 Å². The summed E-state index contributed by atoms with van der Waals surface area (Å²) < 4.78 is 27.7. The number of carbonyl (C=O) groups is 1. The lowest BCUT2D eigenvalue weighted by atomic mass is 10.0. The molecule has 1 aliphatic heterocycles. The number of nitrogens with zero attached hydrogens (tertiary/aromatic N) is 3. The molecule has 1 aromatic heterocycles. The Morgan fingerprint density at radius 2 is 2.19 bits per heavy atom. The van der Waals surface area contributed by atoms with Crippen LogP contribution in [0, 0.1) is 0 Å². The normalized spacial score (nSPS) is 20.5. The molecule has 1 unspecified atom stereocenters. The maximum atomic E-state index is 12.6. The van der Waals surface area contributed by atoms with Gasteiger partial charge in [0, 0.05) is 25.4 Å². The van der Waals surface area contributed by atoms with E-state index in [0.29, 0.717) is 13.0 Å². The van der Waals surface area contributed by atoms with Crippen LogP contribution >= 0.6 is 0 Å². The molecule has 1 aromatic rings. The number of aliphatic hydroxyl groups excluding tert-OH is 1. The highest BCUT2D eigenvalue weighted by Crippen LogP contribution is 2.26. The standard InChI is InChI=1S/C12H19N3O5S/c16-6-4-10-3-1-2-5-15(10)21(19,20)11-7-13-14(8-11)9-12(17)18/h7-8,10,16H,1-6,9H2,(H,17,18). The zero-order valence-electron chi connectivity index (χ0n) is 11.6. The lowest BCUT2D eigenvalue weighted by Gasteiger charge is -2.34. The number of rotatable bonds is 6. The molecule has 1 atom stereocenters. The molecule has 2 rings (SSSR count). The number of carboxylic acids is 1. The van der Waals surface area contributed by atoms with Crippen molar-refractivity contribution in [2.45, 2.75) is 43.2 Å². The van der Waals surface area contributed by atoms with Crippen LogP contribution in [-0.2, 0) is 21.4 Å². The van der Waals surface area contributed by atoms with Gasteiger partial charge in [-0.3, -0.25) is 9.48 Å². The van der Waals surface area contributed by atoms with Gasteiger partial charge in [-0.1, -0.05) is 6.42 Å². The number of aliphatic carboxylic acids is 1. The zero-order valence-corrected chi connectivity index (χ0v) is 12.4. The number of aliphatic hydroxyl groups is 1. The Kier molecular flexibility index (Phi) is 4.96. The van der Waals surface area contributed by atoms with Gasteiger partial charge in [0.2, 0.25) is 10.0 Å². The van der Waals surface area contributed by atoms with E-state index < -0.39 is 16.0 Å². The van der Waals surface area contributed by atoms with Crippen LogP contribution in [0.15, 0.2) is 17.3 Å². The van der Waals surface area contributed by atoms with Crippen LogP contribution in [0.5, 0.6) is 0 Å². The molecule has 0 spiro atoms.